The number of amides is 2. The Balaban J connectivity index is 1.97. The Bertz CT molecular complexity index is 1020. The maximum atomic E-state index is 13.6. The van der Waals surface area contributed by atoms with Gasteiger partial charge in [0, 0.05) is 22.2 Å². The molecule has 0 radical (unpaired) electrons. The van der Waals surface area contributed by atoms with Crippen LogP contribution in [0.25, 0.3) is 0 Å². The summed E-state index contributed by atoms with van der Waals surface area (Å²) in [5.74, 6) is -0.0803. The van der Waals surface area contributed by atoms with Crippen LogP contribution in [-0.2, 0) is 4.65 Å². The molecule has 3 rings (SSSR count). The van der Waals surface area contributed by atoms with E-state index in [0.717, 1.165) is 11.1 Å². The summed E-state index contributed by atoms with van der Waals surface area (Å²) >= 11 is 0. The van der Waals surface area contributed by atoms with Gasteiger partial charge in [-0.25, -0.2) is 5.01 Å². The van der Waals surface area contributed by atoms with E-state index >= 15 is 0 Å². The third-order valence-corrected chi connectivity index (χ3v) is 5.98. The Labute approximate surface area is 196 Å². The molecular formula is C25H33BN2O5. The van der Waals surface area contributed by atoms with Crippen molar-refractivity contribution >= 4 is 24.4 Å². The Morgan fingerprint density at radius 2 is 1.79 bits per heavy atom. The molecule has 0 aliphatic carbocycles. The summed E-state index contributed by atoms with van der Waals surface area (Å²) in [4.78, 5) is 27.0. The molecule has 1 aliphatic rings. The molecule has 1 aliphatic heterocycles. The number of hydrogen-bond donors (Lipinski definition) is 2. The van der Waals surface area contributed by atoms with E-state index in [1.54, 1.807) is 19.1 Å². The minimum absolute atomic E-state index is 0.133. The molecule has 0 spiro atoms. The number of nitrogens with zero attached hydrogens (tertiary/aromatic N) is 1. The number of benzene rings is 2. The van der Waals surface area contributed by atoms with Gasteiger partial charge in [0.15, 0.2) is 0 Å². The molecule has 176 valence electrons. The van der Waals surface area contributed by atoms with Crippen molar-refractivity contribution in [3.63, 3.8) is 0 Å². The van der Waals surface area contributed by atoms with Crippen LogP contribution in [0.15, 0.2) is 30.3 Å². The average Bonchev–Trinajstić information content (AvgIpc) is 2.94. The van der Waals surface area contributed by atoms with Crippen LogP contribution >= 0.6 is 0 Å². The first-order valence-electron chi connectivity index (χ1n) is 11.4. The van der Waals surface area contributed by atoms with Crippen LogP contribution in [0.4, 0.5) is 0 Å². The first-order valence-corrected chi connectivity index (χ1v) is 11.4. The summed E-state index contributed by atoms with van der Waals surface area (Å²) in [6.07, 6.45) is 0.685. The predicted molar refractivity (Wildman–Crippen MR) is 129 cm³/mol. The molecular weight excluding hydrogens is 419 g/mol. The largest absolute Gasteiger partial charge is 0.495 e. The zero-order valence-corrected chi connectivity index (χ0v) is 20.3. The van der Waals surface area contributed by atoms with E-state index in [9.17, 15) is 14.6 Å². The number of ether oxygens (including phenoxy) is 1. The molecule has 33 heavy (non-hydrogen) atoms. The zero-order valence-electron chi connectivity index (χ0n) is 20.3. The Hall–Kier alpha value is -2.84. The standard InChI is InChI=1S/C25H33BN2O5/c1-7-22(15(2)3)28(25(30)19-13-16(4)12-17(5)14-19)27-24(29)20-8-9-21-23(18(20)6)32-10-11-33-26(21)31/h8-9,12-15,22,31H,7,10-11H2,1-6H3,(H,27,29)/t22-/m1/s1. The van der Waals surface area contributed by atoms with Gasteiger partial charge < -0.3 is 14.4 Å². The van der Waals surface area contributed by atoms with E-state index in [2.05, 4.69) is 5.43 Å². The molecule has 1 atom stereocenters. The van der Waals surface area contributed by atoms with Crippen LogP contribution < -0.4 is 15.6 Å². The maximum absolute atomic E-state index is 13.6. The van der Waals surface area contributed by atoms with Crippen molar-refractivity contribution in [3.05, 3.63) is 58.1 Å². The third-order valence-electron chi connectivity index (χ3n) is 5.98. The second-order valence-corrected chi connectivity index (χ2v) is 8.94. The number of hydrazine groups is 1. The van der Waals surface area contributed by atoms with E-state index in [4.69, 9.17) is 9.39 Å². The zero-order chi connectivity index (χ0) is 24.3. The molecule has 0 unspecified atom stereocenters. The maximum Gasteiger partial charge on any atom is 0.495 e. The number of hydrogen-bond acceptors (Lipinski definition) is 5. The predicted octanol–water partition coefficient (Wildman–Crippen LogP) is 2.93. The van der Waals surface area contributed by atoms with E-state index in [1.165, 1.54) is 5.01 Å². The summed E-state index contributed by atoms with van der Waals surface area (Å²) in [7, 11) is -1.11. The van der Waals surface area contributed by atoms with Gasteiger partial charge in [0.2, 0.25) is 0 Å². The molecule has 2 amide bonds. The highest BCUT2D eigenvalue weighted by atomic mass is 16.6. The second-order valence-electron chi connectivity index (χ2n) is 8.94. The lowest BCUT2D eigenvalue weighted by Gasteiger charge is -2.34. The van der Waals surface area contributed by atoms with Crippen molar-refractivity contribution in [2.24, 2.45) is 5.92 Å². The number of carbonyl (C=O) groups excluding carboxylic acids is 2. The van der Waals surface area contributed by atoms with Crippen LogP contribution in [-0.4, -0.2) is 48.2 Å². The molecule has 2 aromatic carbocycles. The molecule has 7 nitrogen and oxygen atoms in total. The molecule has 2 N–H and O–H groups in total. The van der Waals surface area contributed by atoms with E-state index < -0.39 is 13.0 Å². The van der Waals surface area contributed by atoms with Gasteiger partial charge >= 0.3 is 7.12 Å². The molecule has 8 heteroatoms. The van der Waals surface area contributed by atoms with Gasteiger partial charge in [-0.15, -0.1) is 0 Å². The molecule has 0 saturated carbocycles. The fourth-order valence-corrected chi connectivity index (χ4v) is 4.38. The lowest BCUT2D eigenvalue weighted by molar-refractivity contribution is 0.0409. The lowest BCUT2D eigenvalue weighted by atomic mass is 9.77. The molecule has 2 aromatic rings. The molecule has 1 heterocycles. The van der Waals surface area contributed by atoms with Gasteiger partial charge in [0.1, 0.15) is 12.4 Å². The van der Waals surface area contributed by atoms with Crippen LogP contribution in [0.3, 0.4) is 0 Å². The number of aryl methyl sites for hydroxylation is 2. The van der Waals surface area contributed by atoms with Crippen LogP contribution in [0.5, 0.6) is 5.75 Å². The van der Waals surface area contributed by atoms with Gasteiger partial charge in [-0.2, -0.15) is 0 Å². The monoisotopic (exact) mass is 452 g/mol. The van der Waals surface area contributed by atoms with Crippen molar-refractivity contribution in [2.45, 2.75) is 54.0 Å². The van der Waals surface area contributed by atoms with Crippen molar-refractivity contribution < 1.29 is 24.0 Å². The fourth-order valence-electron chi connectivity index (χ4n) is 4.38. The van der Waals surface area contributed by atoms with Gasteiger partial charge in [-0.3, -0.25) is 15.0 Å². The summed E-state index contributed by atoms with van der Waals surface area (Å²) in [5.41, 5.74) is 6.83. The first kappa shape index (κ1) is 24.8. The van der Waals surface area contributed by atoms with Crippen molar-refractivity contribution in [1.82, 2.24) is 10.4 Å². The van der Waals surface area contributed by atoms with Crippen LogP contribution in [0.2, 0.25) is 0 Å². The highest BCUT2D eigenvalue weighted by molar-refractivity contribution is 6.61. The third kappa shape index (κ3) is 5.39. The quantitative estimate of drug-likeness (QED) is 0.538. The second kappa shape index (κ2) is 10.4. The number of fused-ring (bicyclic) bond motifs is 1. The van der Waals surface area contributed by atoms with E-state index in [-0.39, 0.29) is 31.1 Å². The Morgan fingerprint density at radius 3 is 2.39 bits per heavy atom. The Morgan fingerprint density at radius 1 is 1.12 bits per heavy atom. The van der Waals surface area contributed by atoms with Crippen molar-refractivity contribution in [2.75, 3.05) is 13.2 Å². The fraction of sp³-hybridized carbons (Fsp3) is 0.440. The highest BCUT2D eigenvalue weighted by Crippen LogP contribution is 2.23. The summed E-state index contributed by atoms with van der Waals surface area (Å²) in [6, 6.07) is 8.75. The number of carbonyl (C=O) groups is 2. The van der Waals surface area contributed by atoms with Gasteiger partial charge in [0.25, 0.3) is 11.8 Å². The highest BCUT2D eigenvalue weighted by Gasteiger charge is 2.31. The van der Waals surface area contributed by atoms with Gasteiger partial charge in [-0.05, 0) is 51.3 Å². The topological polar surface area (TPSA) is 88.1 Å². The first-order chi connectivity index (χ1) is 15.6. The molecule has 0 bridgehead atoms. The van der Waals surface area contributed by atoms with Crippen molar-refractivity contribution in [3.8, 4) is 5.75 Å². The summed E-state index contributed by atoms with van der Waals surface area (Å²) in [6.45, 7) is 12.3. The minimum atomic E-state index is -1.11. The SMILES string of the molecule is CC[C@H](C(C)C)N(NC(=O)c1ccc2c(c1C)OCCOB2O)C(=O)c1cc(C)cc(C)c1. The van der Waals surface area contributed by atoms with E-state index in [1.807, 2.05) is 52.8 Å². The van der Waals surface area contributed by atoms with Crippen LogP contribution in [0.1, 0.15) is 64.6 Å². The van der Waals surface area contributed by atoms with E-state index in [0.29, 0.717) is 34.3 Å². The van der Waals surface area contributed by atoms with Gasteiger partial charge in [-0.1, -0.05) is 44.0 Å². The molecule has 0 aromatic heterocycles. The molecule has 0 saturated heterocycles. The minimum Gasteiger partial charge on any atom is -0.491 e. The summed E-state index contributed by atoms with van der Waals surface area (Å²) in [5, 5.41) is 11.7. The van der Waals surface area contributed by atoms with Crippen LogP contribution in [0, 0.1) is 26.7 Å². The van der Waals surface area contributed by atoms with Crippen molar-refractivity contribution in [1.29, 1.82) is 0 Å². The lowest BCUT2D eigenvalue weighted by Crippen LogP contribution is -2.53. The smallest absolute Gasteiger partial charge is 0.491 e. The Kier molecular flexibility index (Phi) is 7.82. The average molecular weight is 452 g/mol. The normalized spacial score (nSPS) is 14.2. The molecule has 0 fully saturated rings. The summed E-state index contributed by atoms with van der Waals surface area (Å²) < 4.78 is 11.0. The number of nitrogens with one attached hydrogen (secondary N) is 1. The number of rotatable bonds is 5. The van der Waals surface area contributed by atoms with Gasteiger partial charge in [0.05, 0.1) is 12.6 Å².